The number of nitrogens with one attached hydrogen (secondary N) is 1. The van der Waals surface area contributed by atoms with Gasteiger partial charge in [0, 0.05) is 26.2 Å². The van der Waals surface area contributed by atoms with Crippen molar-refractivity contribution in [2.24, 2.45) is 0 Å². The van der Waals surface area contributed by atoms with Crippen LogP contribution in [-0.4, -0.2) is 77.7 Å². The van der Waals surface area contributed by atoms with Crippen molar-refractivity contribution >= 4 is 35.1 Å². The van der Waals surface area contributed by atoms with Gasteiger partial charge in [-0.15, -0.1) is 11.3 Å². The fraction of sp³-hybridized carbons (Fsp3) is 0.500. The molecule has 0 spiro atoms. The van der Waals surface area contributed by atoms with Crippen molar-refractivity contribution in [2.45, 2.75) is 18.9 Å². The number of rotatable bonds is 4. The van der Waals surface area contributed by atoms with Gasteiger partial charge in [-0.05, 0) is 24.3 Å². The molecule has 1 aromatic rings. The van der Waals surface area contributed by atoms with E-state index in [0.717, 1.165) is 17.7 Å². The fourth-order valence-corrected chi connectivity index (χ4v) is 3.77. The molecular formula is C16H20N4O4S. The zero-order chi connectivity index (χ0) is 18.0. The molecule has 0 aromatic carbocycles. The Morgan fingerprint density at radius 1 is 1.36 bits per heavy atom. The van der Waals surface area contributed by atoms with Gasteiger partial charge in [-0.1, -0.05) is 6.07 Å². The van der Waals surface area contributed by atoms with Crippen molar-refractivity contribution in [1.82, 2.24) is 20.0 Å². The highest BCUT2D eigenvalue weighted by Crippen LogP contribution is 2.17. The fourth-order valence-electron chi connectivity index (χ4n) is 3.08. The van der Waals surface area contributed by atoms with Crippen molar-refractivity contribution in [1.29, 1.82) is 0 Å². The second-order valence-electron chi connectivity index (χ2n) is 6.25. The quantitative estimate of drug-likeness (QED) is 0.782. The molecule has 2 aliphatic heterocycles. The molecule has 3 rings (SSSR count). The summed E-state index contributed by atoms with van der Waals surface area (Å²) in [5.74, 6) is -0.784. The van der Waals surface area contributed by atoms with Gasteiger partial charge < -0.3 is 15.1 Å². The summed E-state index contributed by atoms with van der Waals surface area (Å²) in [6.07, 6.45) is 1.56. The third-order valence-corrected chi connectivity index (χ3v) is 5.20. The van der Waals surface area contributed by atoms with Crippen molar-refractivity contribution in [3.8, 4) is 0 Å². The first-order chi connectivity index (χ1) is 12.0. The van der Waals surface area contributed by atoms with Gasteiger partial charge in [-0.3, -0.25) is 19.3 Å². The molecule has 134 valence electrons. The number of urea groups is 1. The number of carbonyl (C=O) groups is 4. The summed E-state index contributed by atoms with van der Waals surface area (Å²) in [6.45, 7) is 0.817. The smallest absolute Gasteiger partial charge is 0.327 e. The number of hydrogen-bond donors (Lipinski definition) is 1. The van der Waals surface area contributed by atoms with E-state index >= 15 is 0 Å². The molecule has 9 heteroatoms. The van der Waals surface area contributed by atoms with Crippen LogP contribution in [0, 0.1) is 0 Å². The van der Waals surface area contributed by atoms with Crippen LogP contribution in [0.1, 0.15) is 22.5 Å². The molecule has 0 bridgehead atoms. The van der Waals surface area contributed by atoms with E-state index in [9.17, 15) is 19.2 Å². The molecule has 25 heavy (non-hydrogen) atoms. The molecular weight excluding hydrogens is 344 g/mol. The Morgan fingerprint density at radius 3 is 2.80 bits per heavy atom. The second-order valence-corrected chi connectivity index (χ2v) is 7.20. The van der Waals surface area contributed by atoms with Crippen molar-refractivity contribution in [2.75, 3.05) is 33.2 Å². The molecule has 8 nitrogen and oxygen atoms in total. The third-order valence-electron chi connectivity index (χ3n) is 4.34. The SMILES string of the molecule is CN1CC(=O)N(CC(=O)NC2CCCN(C(=O)c3cccs3)C2)C1=O. The summed E-state index contributed by atoms with van der Waals surface area (Å²) in [6, 6.07) is 2.99. The lowest BCUT2D eigenvalue weighted by Gasteiger charge is -2.33. The Hall–Kier alpha value is -2.42. The minimum Gasteiger partial charge on any atom is -0.350 e. The zero-order valence-corrected chi connectivity index (χ0v) is 14.8. The molecule has 0 saturated carbocycles. The van der Waals surface area contributed by atoms with E-state index in [0.29, 0.717) is 18.0 Å². The van der Waals surface area contributed by atoms with Gasteiger partial charge in [-0.25, -0.2) is 4.79 Å². The Morgan fingerprint density at radius 2 is 2.16 bits per heavy atom. The summed E-state index contributed by atoms with van der Waals surface area (Å²) < 4.78 is 0. The van der Waals surface area contributed by atoms with E-state index < -0.39 is 6.03 Å². The summed E-state index contributed by atoms with van der Waals surface area (Å²) in [5, 5.41) is 4.70. The molecule has 2 saturated heterocycles. The second kappa shape index (κ2) is 7.22. The van der Waals surface area contributed by atoms with Gasteiger partial charge in [0.25, 0.3) is 11.8 Å². The maximum Gasteiger partial charge on any atom is 0.327 e. The van der Waals surface area contributed by atoms with Crippen LogP contribution >= 0.6 is 11.3 Å². The number of hydrogen-bond acceptors (Lipinski definition) is 5. The number of thiophene rings is 1. The number of likely N-dealkylation sites (N-methyl/N-ethyl adjacent to an activating group) is 1. The van der Waals surface area contributed by atoms with Gasteiger partial charge in [0.2, 0.25) is 5.91 Å². The molecule has 2 fully saturated rings. The van der Waals surface area contributed by atoms with E-state index in [1.165, 1.54) is 23.3 Å². The monoisotopic (exact) mass is 364 g/mol. The summed E-state index contributed by atoms with van der Waals surface area (Å²) >= 11 is 1.40. The third kappa shape index (κ3) is 3.81. The molecule has 5 amide bonds. The van der Waals surface area contributed by atoms with Gasteiger partial charge in [0.05, 0.1) is 4.88 Å². The van der Waals surface area contributed by atoms with Crippen LogP contribution in [0.25, 0.3) is 0 Å². The molecule has 2 aliphatic rings. The van der Waals surface area contributed by atoms with Crippen molar-refractivity contribution < 1.29 is 19.2 Å². The maximum atomic E-state index is 12.4. The van der Waals surface area contributed by atoms with Crippen LogP contribution in [0.5, 0.6) is 0 Å². The first kappa shape index (κ1) is 17.4. The molecule has 1 N–H and O–H groups in total. The average molecular weight is 364 g/mol. The summed E-state index contributed by atoms with van der Waals surface area (Å²) in [7, 11) is 1.52. The normalized spacial score (nSPS) is 21.0. The van der Waals surface area contributed by atoms with Crippen LogP contribution < -0.4 is 5.32 Å². The van der Waals surface area contributed by atoms with Gasteiger partial charge in [-0.2, -0.15) is 0 Å². The molecule has 0 radical (unpaired) electrons. The molecule has 0 aliphatic carbocycles. The Bertz CT molecular complexity index is 690. The van der Waals surface area contributed by atoms with Crippen LogP contribution in [0.2, 0.25) is 0 Å². The van der Waals surface area contributed by atoms with E-state index in [-0.39, 0.29) is 36.9 Å². The van der Waals surface area contributed by atoms with Gasteiger partial charge >= 0.3 is 6.03 Å². The topological polar surface area (TPSA) is 90.0 Å². The molecule has 1 aromatic heterocycles. The van der Waals surface area contributed by atoms with Crippen LogP contribution in [0.3, 0.4) is 0 Å². The number of carbonyl (C=O) groups excluding carboxylic acids is 4. The van der Waals surface area contributed by atoms with Crippen LogP contribution in [-0.2, 0) is 9.59 Å². The lowest BCUT2D eigenvalue weighted by molar-refractivity contribution is -0.131. The number of piperidine rings is 1. The Labute approximate surface area is 149 Å². The highest BCUT2D eigenvalue weighted by atomic mass is 32.1. The Balaban J connectivity index is 1.54. The van der Waals surface area contributed by atoms with Gasteiger partial charge in [0.1, 0.15) is 13.1 Å². The highest BCUT2D eigenvalue weighted by Gasteiger charge is 2.35. The van der Waals surface area contributed by atoms with E-state index in [1.54, 1.807) is 11.0 Å². The number of amides is 5. The van der Waals surface area contributed by atoms with Crippen LogP contribution in [0.15, 0.2) is 17.5 Å². The zero-order valence-electron chi connectivity index (χ0n) is 13.9. The largest absolute Gasteiger partial charge is 0.350 e. The minimum atomic E-state index is -0.460. The molecule has 1 unspecified atom stereocenters. The number of likely N-dealkylation sites (tertiary alicyclic amines) is 1. The number of imide groups is 1. The van der Waals surface area contributed by atoms with Crippen molar-refractivity contribution in [3.05, 3.63) is 22.4 Å². The first-order valence-corrected chi connectivity index (χ1v) is 9.01. The number of nitrogens with zero attached hydrogens (tertiary/aromatic N) is 3. The predicted octanol–water partition coefficient (Wildman–Crippen LogP) is 0.363. The summed E-state index contributed by atoms with van der Waals surface area (Å²) in [4.78, 5) is 52.8. The van der Waals surface area contributed by atoms with Crippen LogP contribution in [0.4, 0.5) is 4.79 Å². The van der Waals surface area contributed by atoms with E-state index in [4.69, 9.17) is 0 Å². The van der Waals surface area contributed by atoms with E-state index in [1.807, 2.05) is 11.4 Å². The average Bonchev–Trinajstić information content (AvgIpc) is 3.19. The standard InChI is InChI=1S/C16H20N4O4S/c1-18-10-14(22)20(16(18)24)9-13(21)17-11-4-2-6-19(8-11)15(23)12-5-3-7-25-12/h3,5,7,11H,2,4,6,8-10H2,1H3,(H,17,21). The Kier molecular flexibility index (Phi) is 5.03. The minimum absolute atomic E-state index is 0.00135. The maximum absolute atomic E-state index is 12.4. The first-order valence-electron chi connectivity index (χ1n) is 8.13. The summed E-state index contributed by atoms with van der Waals surface area (Å²) in [5.41, 5.74) is 0. The van der Waals surface area contributed by atoms with E-state index in [2.05, 4.69) is 5.32 Å². The van der Waals surface area contributed by atoms with Crippen molar-refractivity contribution in [3.63, 3.8) is 0 Å². The molecule has 3 heterocycles. The lowest BCUT2D eigenvalue weighted by atomic mass is 10.1. The predicted molar refractivity (Wildman–Crippen MR) is 91.1 cm³/mol. The molecule has 1 atom stereocenters. The highest BCUT2D eigenvalue weighted by molar-refractivity contribution is 7.12. The van der Waals surface area contributed by atoms with Gasteiger partial charge in [0.15, 0.2) is 0 Å². The lowest BCUT2D eigenvalue weighted by Crippen LogP contribution is -2.51.